The van der Waals surface area contributed by atoms with E-state index in [0.29, 0.717) is 34.9 Å². The first-order chi connectivity index (χ1) is 58.5. The molecule has 0 aliphatic carbocycles. The summed E-state index contributed by atoms with van der Waals surface area (Å²) in [7, 11) is 0. The van der Waals surface area contributed by atoms with Crippen molar-refractivity contribution < 1.29 is 8.83 Å². The Bertz CT molecular complexity index is 7600. The monoisotopic (exact) mass is 1510 g/mol. The number of fused-ring (bicyclic) bond motifs is 14. The smallest absolute Gasteiger partial charge is 0.164 e. The van der Waals surface area contributed by atoms with Gasteiger partial charge in [0, 0.05) is 77.1 Å². The number of aromatic nitrogens is 8. The summed E-state index contributed by atoms with van der Waals surface area (Å²) in [6.45, 7) is 0. The third-order valence-corrected chi connectivity index (χ3v) is 22.5. The summed E-state index contributed by atoms with van der Waals surface area (Å²) in [6.07, 6.45) is 0. The Morgan fingerprint density at radius 2 is 0.432 bits per heavy atom. The Labute approximate surface area is 678 Å². The molecule has 23 rings (SSSR count). The van der Waals surface area contributed by atoms with E-state index in [1.54, 1.807) is 0 Å². The van der Waals surface area contributed by atoms with Crippen LogP contribution in [0.3, 0.4) is 0 Å². The highest BCUT2D eigenvalue weighted by Gasteiger charge is 2.24. The fraction of sp³-hybridized carbons (Fsp3) is 0. The molecule has 118 heavy (non-hydrogen) atoms. The number of hydrogen-bond donors (Lipinski definition) is 0. The first kappa shape index (κ1) is 68.7. The van der Waals surface area contributed by atoms with Crippen molar-refractivity contribution in [2.24, 2.45) is 0 Å². The second kappa shape index (κ2) is 29.2. The summed E-state index contributed by atoms with van der Waals surface area (Å²) in [5.74, 6) is 3.62. The van der Waals surface area contributed by atoms with Gasteiger partial charge in [-0.2, -0.15) is 0 Å². The van der Waals surface area contributed by atoms with Crippen LogP contribution in [0, 0.1) is 0 Å². The molecular weight excluding hydrogens is 1440 g/mol. The molecule has 10 heteroatoms. The molecule has 6 aromatic heterocycles. The van der Waals surface area contributed by atoms with Gasteiger partial charge >= 0.3 is 0 Å². The van der Waals surface area contributed by atoms with Crippen molar-refractivity contribution in [2.75, 3.05) is 0 Å². The molecule has 0 aliphatic rings. The van der Waals surface area contributed by atoms with Crippen molar-refractivity contribution in [3.05, 3.63) is 413 Å². The summed E-state index contributed by atoms with van der Waals surface area (Å²) in [5.41, 5.74) is 26.9. The van der Waals surface area contributed by atoms with E-state index in [-0.39, 0.29) is 0 Å². The van der Waals surface area contributed by atoms with Crippen LogP contribution >= 0.6 is 0 Å². The standard InChI is InChI=1S/C57H36N4O.C51H32N4O/c1-4-14-37(15-5-1)40-26-29-46(30-27-40)61-50-25-11-10-24-49(50)53-51(61)33-32-48-47-31-28-45(36-52(47)62-54(48)53)57-59-55(43-22-12-20-41(34-43)38-16-6-2-7-17-38)58-56(60-57)44-23-13-21-42(35-44)39-18-8-3-9-19-39;1-4-13-33(14-5-1)34-23-25-35(26-24-34)38-19-12-20-40(31-38)55-44-22-11-10-21-43(44)47-45(55)30-29-42-41-28-27-39(32-46(41)56-48(42)47)51-53-49(36-15-6-2-7-16-36)52-50(54-51)37-17-8-3-9-18-37/h1-36H;1-32H. The van der Waals surface area contributed by atoms with Gasteiger partial charge in [-0.05, 0) is 153 Å². The molecule has 0 radical (unpaired) electrons. The molecule has 0 saturated heterocycles. The molecule has 0 amide bonds. The van der Waals surface area contributed by atoms with Crippen LogP contribution in [0.15, 0.2) is 421 Å². The van der Waals surface area contributed by atoms with Gasteiger partial charge in [0.05, 0.1) is 32.8 Å². The van der Waals surface area contributed by atoms with E-state index in [2.05, 4.69) is 349 Å². The number of furan rings is 2. The van der Waals surface area contributed by atoms with E-state index in [1.807, 2.05) is 72.8 Å². The van der Waals surface area contributed by atoms with Gasteiger partial charge in [0.2, 0.25) is 0 Å². The Morgan fingerprint density at radius 1 is 0.161 bits per heavy atom. The van der Waals surface area contributed by atoms with Crippen molar-refractivity contribution in [3.63, 3.8) is 0 Å². The van der Waals surface area contributed by atoms with Crippen molar-refractivity contribution in [2.45, 2.75) is 0 Å². The number of benzene rings is 17. The maximum absolute atomic E-state index is 6.94. The molecule has 0 saturated carbocycles. The molecule has 6 heterocycles. The highest BCUT2D eigenvalue weighted by Crippen LogP contribution is 2.45. The Balaban J connectivity index is 0.000000143. The van der Waals surface area contributed by atoms with Gasteiger partial charge < -0.3 is 18.0 Å². The topological polar surface area (TPSA) is 113 Å². The number of rotatable bonds is 13. The van der Waals surface area contributed by atoms with Gasteiger partial charge in [0.1, 0.15) is 22.3 Å². The van der Waals surface area contributed by atoms with Crippen LogP contribution in [-0.4, -0.2) is 39.0 Å². The van der Waals surface area contributed by atoms with Crippen LogP contribution in [0.2, 0.25) is 0 Å². The predicted octanol–water partition coefficient (Wildman–Crippen LogP) is 28.1. The van der Waals surface area contributed by atoms with Gasteiger partial charge in [-0.25, -0.2) is 29.9 Å². The summed E-state index contributed by atoms with van der Waals surface area (Å²) >= 11 is 0. The van der Waals surface area contributed by atoms with Crippen molar-refractivity contribution in [1.29, 1.82) is 0 Å². The van der Waals surface area contributed by atoms with E-state index >= 15 is 0 Å². The second-order valence-electron chi connectivity index (χ2n) is 29.6. The molecule has 23 aromatic rings. The van der Waals surface area contributed by atoms with Crippen molar-refractivity contribution in [1.82, 2.24) is 39.0 Å². The predicted molar refractivity (Wildman–Crippen MR) is 483 cm³/mol. The van der Waals surface area contributed by atoms with Crippen LogP contribution in [0.25, 0.3) is 223 Å². The first-order valence-electron chi connectivity index (χ1n) is 39.6. The zero-order valence-corrected chi connectivity index (χ0v) is 63.7. The minimum atomic E-state index is 0.572. The molecule has 0 spiro atoms. The van der Waals surface area contributed by atoms with E-state index in [9.17, 15) is 0 Å². The zero-order valence-electron chi connectivity index (χ0n) is 63.7. The third kappa shape index (κ3) is 12.5. The fourth-order valence-electron chi connectivity index (χ4n) is 16.8. The second-order valence-corrected chi connectivity index (χ2v) is 29.6. The molecule has 552 valence electrons. The van der Waals surface area contributed by atoms with E-state index < -0.39 is 0 Å². The van der Waals surface area contributed by atoms with Crippen LogP contribution in [0.1, 0.15) is 0 Å². The molecule has 0 bridgehead atoms. The summed E-state index contributed by atoms with van der Waals surface area (Å²) < 4.78 is 18.5. The molecule has 0 N–H and O–H groups in total. The molecule has 0 aliphatic heterocycles. The van der Waals surface area contributed by atoms with Gasteiger partial charge in [-0.3, -0.25) is 0 Å². The van der Waals surface area contributed by atoms with E-state index in [0.717, 1.165) is 160 Å². The third-order valence-electron chi connectivity index (χ3n) is 22.5. The lowest BCUT2D eigenvalue weighted by molar-refractivity contribution is 0.672. The molecule has 0 unspecified atom stereocenters. The number of nitrogens with zero attached hydrogens (tertiary/aromatic N) is 8. The summed E-state index contributed by atoms with van der Waals surface area (Å²) in [4.78, 5) is 30.3. The minimum Gasteiger partial charge on any atom is -0.455 e. The first-order valence-corrected chi connectivity index (χ1v) is 39.6. The number of hydrogen-bond acceptors (Lipinski definition) is 8. The average Bonchev–Trinajstić information content (AvgIpc) is 1.56. The summed E-state index contributed by atoms with van der Waals surface area (Å²) in [5, 5.41) is 8.67. The Hall–Kier alpha value is -16.0. The quantitative estimate of drug-likeness (QED) is 0.112. The molecular formula is C108H68N8O2. The van der Waals surface area contributed by atoms with Crippen LogP contribution < -0.4 is 0 Å². The maximum atomic E-state index is 6.94. The van der Waals surface area contributed by atoms with Crippen LogP contribution in [0.4, 0.5) is 0 Å². The van der Waals surface area contributed by atoms with Crippen LogP contribution in [0.5, 0.6) is 0 Å². The normalized spacial score (nSPS) is 11.6. The van der Waals surface area contributed by atoms with Crippen molar-refractivity contribution in [3.8, 4) is 135 Å². The zero-order chi connectivity index (χ0) is 78.0. The lowest BCUT2D eigenvalue weighted by Gasteiger charge is -2.11. The van der Waals surface area contributed by atoms with Gasteiger partial charge in [0.25, 0.3) is 0 Å². The average molecular weight is 1510 g/mol. The Morgan fingerprint density at radius 3 is 0.839 bits per heavy atom. The molecule has 17 aromatic carbocycles. The highest BCUT2D eigenvalue weighted by molar-refractivity contribution is 6.25. The highest BCUT2D eigenvalue weighted by atomic mass is 16.3. The van der Waals surface area contributed by atoms with Gasteiger partial charge in [0.15, 0.2) is 34.9 Å². The Kier molecular flexibility index (Phi) is 17.0. The SMILES string of the molecule is c1ccc(-c2ccc(-c3cccc(-n4c5ccccc5c5c6oc7cc(-c8nc(-c9ccccc9)nc(-c9ccccc9)n8)ccc7c6ccc54)c3)cc2)cc1.c1ccc(-c2ccc(-n3c4ccccc4c4c5oc6cc(-c7nc(-c8cccc(-c9ccccc9)c8)nc(-c8cccc(-c9ccccc9)c8)n7)ccc6c5ccc43)cc2)cc1. The number of para-hydroxylation sites is 2. The fourth-order valence-corrected chi connectivity index (χ4v) is 16.8. The lowest BCUT2D eigenvalue weighted by atomic mass is 10.00. The molecule has 0 fully saturated rings. The largest absolute Gasteiger partial charge is 0.455 e. The van der Waals surface area contributed by atoms with Gasteiger partial charge in [-0.1, -0.05) is 315 Å². The lowest BCUT2D eigenvalue weighted by Crippen LogP contribution is -2.00. The molecule has 10 nitrogen and oxygen atoms in total. The maximum Gasteiger partial charge on any atom is 0.164 e. The van der Waals surface area contributed by atoms with Gasteiger partial charge in [-0.15, -0.1) is 0 Å². The van der Waals surface area contributed by atoms with Crippen molar-refractivity contribution >= 4 is 87.5 Å². The van der Waals surface area contributed by atoms with Crippen LogP contribution in [-0.2, 0) is 0 Å². The minimum absolute atomic E-state index is 0.572. The molecule has 0 atom stereocenters. The summed E-state index contributed by atoms with van der Waals surface area (Å²) in [6, 6.07) is 144. The van der Waals surface area contributed by atoms with E-state index in [4.69, 9.17) is 38.7 Å². The van der Waals surface area contributed by atoms with E-state index in [1.165, 1.54) is 27.8 Å².